The molecule has 1 aromatic rings. The van der Waals surface area contributed by atoms with E-state index in [0.29, 0.717) is 6.04 Å². The fourth-order valence-corrected chi connectivity index (χ4v) is 3.42. The molecule has 19 heavy (non-hydrogen) atoms. The first-order valence-electron chi connectivity index (χ1n) is 7.39. The van der Waals surface area contributed by atoms with Gasteiger partial charge in [0.2, 0.25) is 0 Å². The van der Waals surface area contributed by atoms with E-state index < -0.39 is 0 Å². The lowest BCUT2D eigenvalue weighted by Gasteiger charge is -2.37. The van der Waals surface area contributed by atoms with Crippen LogP contribution in [0.15, 0.2) is 6.07 Å². The molecule has 0 aromatic carbocycles. The van der Waals surface area contributed by atoms with Gasteiger partial charge in [-0.05, 0) is 32.4 Å². The summed E-state index contributed by atoms with van der Waals surface area (Å²) in [6, 6.07) is 2.56. The van der Waals surface area contributed by atoms with E-state index in [1.54, 1.807) is 0 Å². The maximum Gasteiger partial charge on any atom is 0.0834 e. The third-order valence-corrected chi connectivity index (χ3v) is 4.45. The standard InChI is InChI=1S/C15H27N3O/c1-5-16-14(15(19-4)8-6-7-9-15)11-13-10-12(2)17-18(13)3/h10,14,16H,5-9,11H2,1-4H3. The highest BCUT2D eigenvalue weighted by atomic mass is 16.5. The number of aryl methyl sites for hydroxylation is 2. The number of ether oxygens (including phenoxy) is 1. The molecule has 1 aromatic heterocycles. The van der Waals surface area contributed by atoms with Crippen molar-refractivity contribution in [2.75, 3.05) is 13.7 Å². The summed E-state index contributed by atoms with van der Waals surface area (Å²) in [4.78, 5) is 0. The first-order valence-corrected chi connectivity index (χ1v) is 7.39. The van der Waals surface area contributed by atoms with Gasteiger partial charge in [-0.3, -0.25) is 4.68 Å². The van der Waals surface area contributed by atoms with Gasteiger partial charge in [0.15, 0.2) is 0 Å². The summed E-state index contributed by atoms with van der Waals surface area (Å²) in [6.07, 6.45) is 5.87. The van der Waals surface area contributed by atoms with Crippen molar-refractivity contribution < 1.29 is 4.74 Å². The average molecular weight is 265 g/mol. The van der Waals surface area contributed by atoms with Crippen molar-refractivity contribution in [3.63, 3.8) is 0 Å². The van der Waals surface area contributed by atoms with Gasteiger partial charge in [-0.1, -0.05) is 19.8 Å². The number of nitrogens with zero attached hydrogens (tertiary/aromatic N) is 2. The Bertz CT molecular complexity index is 408. The zero-order valence-corrected chi connectivity index (χ0v) is 12.7. The molecule has 1 fully saturated rings. The van der Waals surface area contributed by atoms with Gasteiger partial charge in [-0.15, -0.1) is 0 Å². The summed E-state index contributed by atoms with van der Waals surface area (Å²) < 4.78 is 7.94. The predicted molar refractivity (Wildman–Crippen MR) is 77.3 cm³/mol. The summed E-state index contributed by atoms with van der Waals surface area (Å²) in [7, 11) is 3.89. The molecule has 1 saturated carbocycles. The van der Waals surface area contributed by atoms with E-state index in [0.717, 1.165) is 31.5 Å². The fourth-order valence-electron chi connectivity index (χ4n) is 3.42. The zero-order chi connectivity index (χ0) is 13.9. The van der Waals surface area contributed by atoms with Crippen LogP contribution in [-0.2, 0) is 18.2 Å². The lowest BCUT2D eigenvalue weighted by molar-refractivity contribution is -0.0355. The third kappa shape index (κ3) is 3.00. The van der Waals surface area contributed by atoms with Gasteiger partial charge in [-0.25, -0.2) is 0 Å². The van der Waals surface area contributed by atoms with Gasteiger partial charge in [-0.2, -0.15) is 5.10 Å². The molecule has 1 unspecified atom stereocenters. The van der Waals surface area contributed by atoms with Crippen molar-refractivity contribution in [1.29, 1.82) is 0 Å². The molecule has 108 valence electrons. The van der Waals surface area contributed by atoms with Crippen molar-refractivity contribution in [3.05, 3.63) is 17.5 Å². The number of nitrogens with one attached hydrogen (secondary N) is 1. The predicted octanol–water partition coefficient (Wildman–Crippen LogP) is 2.21. The SMILES string of the molecule is CCNC(Cc1cc(C)nn1C)C1(OC)CCCC1. The summed E-state index contributed by atoms with van der Waals surface area (Å²) in [5, 5.41) is 8.08. The summed E-state index contributed by atoms with van der Waals surface area (Å²) in [6.45, 7) is 5.19. The second-order valence-corrected chi connectivity index (χ2v) is 5.69. The molecule has 4 nitrogen and oxygen atoms in total. The maximum absolute atomic E-state index is 5.94. The number of methoxy groups -OCH3 is 1. The Balaban J connectivity index is 2.17. The Morgan fingerprint density at radius 1 is 1.47 bits per heavy atom. The summed E-state index contributed by atoms with van der Waals surface area (Å²) >= 11 is 0. The monoisotopic (exact) mass is 265 g/mol. The van der Waals surface area contributed by atoms with Crippen molar-refractivity contribution in [3.8, 4) is 0 Å². The molecular formula is C15H27N3O. The molecular weight excluding hydrogens is 238 g/mol. The molecule has 1 heterocycles. The molecule has 0 saturated heterocycles. The van der Waals surface area contributed by atoms with Crippen LogP contribution >= 0.6 is 0 Å². The van der Waals surface area contributed by atoms with E-state index in [-0.39, 0.29) is 5.60 Å². The van der Waals surface area contributed by atoms with Crippen LogP contribution in [0.2, 0.25) is 0 Å². The van der Waals surface area contributed by atoms with Gasteiger partial charge in [0.25, 0.3) is 0 Å². The molecule has 0 amide bonds. The largest absolute Gasteiger partial charge is 0.377 e. The third-order valence-electron chi connectivity index (χ3n) is 4.45. The average Bonchev–Trinajstić information content (AvgIpc) is 2.97. The zero-order valence-electron chi connectivity index (χ0n) is 12.7. The molecule has 1 aliphatic rings. The summed E-state index contributed by atoms with van der Waals surface area (Å²) in [5.74, 6) is 0. The van der Waals surface area contributed by atoms with Crippen LogP contribution < -0.4 is 5.32 Å². The minimum Gasteiger partial charge on any atom is -0.377 e. The molecule has 0 radical (unpaired) electrons. The summed E-state index contributed by atoms with van der Waals surface area (Å²) in [5.41, 5.74) is 2.38. The van der Waals surface area contributed by atoms with Gasteiger partial charge in [0.1, 0.15) is 0 Å². The number of likely N-dealkylation sites (N-methyl/N-ethyl adjacent to an activating group) is 1. The molecule has 0 spiro atoms. The Kier molecular flexibility index (Phi) is 4.63. The number of aromatic nitrogens is 2. The number of hydrogen-bond acceptors (Lipinski definition) is 3. The van der Waals surface area contributed by atoms with E-state index in [1.165, 1.54) is 18.5 Å². The lowest BCUT2D eigenvalue weighted by atomic mass is 9.88. The van der Waals surface area contributed by atoms with E-state index >= 15 is 0 Å². The second-order valence-electron chi connectivity index (χ2n) is 5.69. The van der Waals surface area contributed by atoms with Crippen LogP contribution in [0.4, 0.5) is 0 Å². The topological polar surface area (TPSA) is 39.1 Å². The highest BCUT2D eigenvalue weighted by Gasteiger charge is 2.41. The normalized spacial score (nSPS) is 19.8. The second kappa shape index (κ2) is 6.06. The molecule has 0 aliphatic heterocycles. The van der Waals surface area contributed by atoms with Gasteiger partial charge < -0.3 is 10.1 Å². The van der Waals surface area contributed by atoms with Gasteiger partial charge >= 0.3 is 0 Å². The highest BCUT2D eigenvalue weighted by molar-refractivity contribution is 5.12. The van der Waals surface area contributed by atoms with Crippen LogP contribution in [-0.4, -0.2) is 35.1 Å². The Hall–Kier alpha value is -0.870. The van der Waals surface area contributed by atoms with Crippen LogP contribution in [0.25, 0.3) is 0 Å². The first-order chi connectivity index (χ1) is 9.11. The van der Waals surface area contributed by atoms with Crippen LogP contribution in [0.5, 0.6) is 0 Å². The quantitative estimate of drug-likeness (QED) is 0.857. The molecule has 1 N–H and O–H groups in total. The minimum absolute atomic E-state index is 0.00812. The van der Waals surface area contributed by atoms with Crippen molar-refractivity contribution in [2.45, 2.75) is 57.6 Å². The molecule has 4 heteroatoms. The highest BCUT2D eigenvalue weighted by Crippen LogP contribution is 2.36. The van der Waals surface area contributed by atoms with Crippen LogP contribution in [0.1, 0.15) is 44.0 Å². The van der Waals surface area contributed by atoms with E-state index in [4.69, 9.17) is 4.74 Å². The van der Waals surface area contributed by atoms with Gasteiger partial charge in [0.05, 0.1) is 11.3 Å². The van der Waals surface area contributed by atoms with Crippen molar-refractivity contribution >= 4 is 0 Å². The van der Waals surface area contributed by atoms with Crippen LogP contribution in [0, 0.1) is 6.92 Å². The first kappa shape index (κ1) is 14.5. The van der Waals surface area contributed by atoms with E-state index in [1.807, 2.05) is 25.8 Å². The van der Waals surface area contributed by atoms with E-state index in [9.17, 15) is 0 Å². The van der Waals surface area contributed by atoms with Crippen molar-refractivity contribution in [2.24, 2.45) is 7.05 Å². The number of hydrogen-bond donors (Lipinski definition) is 1. The van der Waals surface area contributed by atoms with Gasteiger partial charge in [0, 0.05) is 32.3 Å². The fraction of sp³-hybridized carbons (Fsp3) is 0.800. The van der Waals surface area contributed by atoms with E-state index in [2.05, 4.69) is 23.4 Å². The molecule has 1 aliphatic carbocycles. The molecule has 2 rings (SSSR count). The minimum atomic E-state index is 0.00812. The Morgan fingerprint density at radius 3 is 2.63 bits per heavy atom. The molecule has 1 atom stereocenters. The van der Waals surface area contributed by atoms with Crippen LogP contribution in [0.3, 0.4) is 0 Å². The Morgan fingerprint density at radius 2 is 2.16 bits per heavy atom. The molecule has 0 bridgehead atoms. The lowest BCUT2D eigenvalue weighted by Crippen LogP contribution is -2.51. The van der Waals surface area contributed by atoms with Crippen molar-refractivity contribution in [1.82, 2.24) is 15.1 Å². The number of rotatable bonds is 6. The smallest absolute Gasteiger partial charge is 0.0834 e. The maximum atomic E-state index is 5.94. The Labute approximate surface area is 116 Å².